The molecule has 0 rings (SSSR count). The van der Waals surface area contributed by atoms with Gasteiger partial charge in [-0.1, -0.05) is 13.8 Å². The summed E-state index contributed by atoms with van der Waals surface area (Å²) in [5.74, 6) is -3.69. The molecule has 4 atom stereocenters. The van der Waals surface area contributed by atoms with Crippen molar-refractivity contribution in [3.05, 3.63) is 0 Å². The van der Waals surface area contributed by atoms with Gasteiger partial charge in [-0.2, -0.15) is 0 Å². The van der Waals surface area contributed by atoms with E-state index in [2.05, 4.69) is 10.6 Å². The number of rotatable bonds is 11. The minimum atomic E-state index is -1.57. The van der Waals surface area contributed by atoms with E-state index in [0.29, 0.717) is 0 Å². The van der Waals surface area contributed by atoms with Gasteiger partial charge in [0.15, 0.2) is 0 Å². The molecule has 0 aliphatic carbocycles. The molecule has 0 aliphatic heterocycles. The minimum Gasteiger partial charge on any atom is -0.480 e. The second-order valence-electron chi connectivity index (χ2n) is 6.31. The monoisotopic (exact) mass is 376 g/mol. The van der Waals surface area contributed by atoms with Gasteiger partial charge in [0.2, 0.25) is 17.7 Å². The molecular formula is C15H28N4O7. The van der Waals surface area contributed by atoms with Crippen LogP contribution in [-0.2, 0) is 19.2 Å². The van der Waals surface area contributed by atoms with Crippen molar-refractivity contribution in [3.63, 3.8) is 0 Å². The average Bonchev–Trinajstić information content (AvgIpc) is 2.55. The highest BCUT2D eigenvalue weighted by atomic mass is 16.4. The smallest absolute Gasteiger partial charge is 0.328 e. The number of nitrogens with one attached hydrogen (secondary N) is 3. The van der Waals surface area contributed by atoms with E-state index in [1.165, 1.54) is 6.92 Å². The predicted molar refractivity (Wildman–Crippen MR) is 90.7 cm³/mol. The summed E-state index contributed by atoms with van der Waals surface area (Å²) in [4.78, 5) is 46.9. The number of carbonyl (C=O) groups excluding carboxylic acids is 3. The van der Waals surface area contributed by atoms with Crippen LogP contribution in [0.3, 0.4) is 0 Å². The van der Waals surface area contributed by atoms with E-state index in [4.69, 9.17) is 15.9 Å². The van der Waals surface area contributed by atoms with Crippen molar-refractivity contribution >= 4 is 23.7 Å². The highest BCUT2D eigenvalue weighted by Crippen LogP contribution is 2.06. The van der Waals surface area contributed by atoms with Crippen molar-refractivity contribution in [3.8, 4) is 0 Å². The van der Waals surface area contributed by atoms with Crippen molar-refractivity contribution in [1.82, 2.24) is 16.0 Å². The molecular weight excluding hydrogens is 348 g/mol. The number of nitrogens with two attached hydrogens (primary N) is 1. The quantitative estimate of drug-likeness (QED) is 0.197. The van der Waals surface area contributed by atoms with E-state index < -0.39 is 61.1 Å². The van der Waals surface area contributed by atoms with Gasteiger partial charge >= 0.3 is 5.97 Å². The van der Waals surface area contributed by atoms with Crippen molar-refractivity contribution in [2.24, 2.45) is 11.7 Å². The first kappa shape index (κ1) is 23.8. The van der Waals surface area contributed by atoms with Crippen LogP contribution in [0.1, 0.15) is 27.2 Å². The summed E-state index contributed by atoms with van der Waals surface area (Å²) in [6.45, 7) is 3.45. The highest BCUT2D eigenvalue weighted by Gasteiger charge is 2.29. The molecule has 11 heteroatoms. The number of amides is 3. The second-order valence-corrected chi connectivity index (χ2v) is 6.31. The Bertz CT molecular complexity index is 510. The lowest BCUT2D eigenvalue weighted by atomic mass is 10.0. The van der Waals surface area contributed by atoms with Crippen LogP contribution in [0.15, 0.2) is 0 Å². The molecule has 0 saturated carbocycles. The van der Waals surface area contributed by atoms with Gasteiger partial charge < -0.3 is 37.0 Å². The fraction of sp³-hybridized carbons (Fsp3) is 0.733. The maximum absolute atomic E-state index is 12.4. The molecule has 0 bridgehead atoms. The fourth-order valence-corrected chi connectivity index (χ4v) is 1.93. The van der Waals surface area contributed by atoms with Gasteiger partial charge in [-0.25, -0.2) is 4.79 Å². The van der Waals surface area contributed by atoms with Crippen LogP contribution in [0.4, 0.5) is 0 Å². The summed E-state index contributed by atoms with van der Waals surface area (Å²) in [6, 6.07) is -4.84. The Hall–Kier alpha value is -2.24. The highest BCUT2D eigenvalue weighted by molar-refractivity contribution is 5.94. The van der Waals surface area contributed by atoms with E-state index in [1.807, 2.05) is 19.2 Å². The third-order valence-electron chi connectivity index (χ3n) is 3.37. The number of aliphatic hydroxyl groups is 2. The summed E-state index contributed by atoms with van der Waals surface area (Å²) in [5, 5.41) is 33.7. The lowest BCUT2D eigenvalue weighted by molar-refractivity contribution is -0.143. The molecule has 0 aromatic rings. The summed E-state index contributed by atoms with van der Waals surface area (Å²) < 4.78 is 0. The zero-order valence-electron chi connectivity index (χ0n) is 15.1. The third kappa shape index (κ3) is 8.23. The summed E-state index contributed by atoms with van der Waals surface area (Å²) in [5.41, 5.74) is 5.46. The maximum atomic E-state index is 12.4. The Balaban J connectivity index is 5.06. The Morgan fingerprint density at radius 3 is 1.62 bits per heavy atom. The Morgan fingerprint density at radius 1 is 0.808 bits per heavy atom. The SMILES string of the molecule is CC(C)CC(NC(=O)C(C)N)C(=O)NC(CO)C(=O)NC(CO)C(=O)O. The normalized spacial score (nSPS) is 15.5. The van der Waals surface area contributed by atoms with E-state index in [9.17, 15) is 24.3 Å². The Labute approximate surface area is 151 Å². The van der Waals surface area contributed by atoms with Crippen molar-refractivity contribution < 1.29 is 34.5 Å². The van der Waals surface area contributed by atoms with Crippen molar-refractivity contribution in [1.29, 1.82) is 0 Å². The molecule has 8 N–H and O–H groups in total. The number of hydrogen-bond acceptors (Lipinski definition) is 7. The minimum absolute atomic E-state index is 0.0336. The summed E-state index contributed by atoms with van der Waals surface area (Å²) >= 11 is 0. The summed E-state index contributed by atoms with van der Waals surface area (Å²) in [7, 11) is 0. The van der Waals surface area contributed by atoms with E-state index in [-0.39, 0.29) is 12.3 Å². The number of carbonyl (C=O) groups is 4. The first-order valence-corrected chi connectivity index (χ1v) is 8.14. The van der Waals surface area contributed by atoms with Gasteiger partial charge in [-0.05, 0) is 19.3 Å². The standard InChI is InChI=1S/C15H28N4O7/c1-7(2)4-9(17-12(22)8(3)16)13(23)18-10(5-20)14(24)19-11(6-21)15(25)26/h7-11,20-21H,4-6,16H2,1-3H3,(H,17,22)(H,18,23)(H,19,24)(H,25,26). The molecule has 4 unspecified atom stereocenters. The first-order chi connectivity index (χ1) is 12.0. The van der Waals surface area contributed by atoms with Crippen LogP contribution in [0, 0.1) is 5.92 Å². The molecule has 0 saturated heterocycles. The number of aliphatic hydroxyl groups excluding tert-OH is 2. The van der Waals surface area contributed by atoms with E-state index >= 15 is 0 Å². The van der Waals surface area contributed by atoms with Gasteiger partial charge in [0.25, 0.3) is 0 Å². The van der Waals surface area contributed by atoms with Gasteiger partial charge in [0.1, 0.15) is 18.1 Å². The molecule has 3 amide bonds. The van der Waals surface area contributed by atoms with Crippen molar-refractivity contribution in [2.75, 3.05) is 13.2 Å². The van der Waals surface area contributed by atoms with Crippen LogP contribution in [0.5, 0.6) is 0 Å². The third-order valence-corrected chi connectivity index (χ3v) is 3.37. The molecule has 0 heterocycles. The number of carboxylic acids is 1. The molecule has 0 radical (unpaired) electrons. The zero-order chi connectivity index (χ0) is 20.4. The maximum Gasteiger partial charge on any atom is 0.328 e. The topological polar surface area (TPSA) is 191 Å². The van der Waals surface area contributed by atoms with Gasteiger partial charge in [0.05, 0.1) is 19.3 Å². The Kier molecular flexibility index (Phi) is 10.4. The van der Waals surface area contributed by atoms with Crippen molar-refractivity contribution in [2.45, 2.75) is 51.4 Å². The molecule has 26 heavy (non-hydrogen) atoms. The second kappa shape index (κ2) is 11.4. The number of hydrogen-bond donors (Lipinski definition) is 7. The number of carboxylic acid groups (broad SMARTS) is 1. The first-order valence-electron chi connectivity index (χ1n) is 8.14. The molecule has 11 nitrogen and oxygen atoms in total. The molecule has 0 aromatic carbocycles. The average molecular weight is 376 g/mol. The van der Waals surface area contributed by atoms with Gasteiger partial charge in [-0.15, -0.1) is 0 Å². The molecule has 150 valence electrons. The van der Waals surface area contributed by atoms with Crippen LogP contribution >= 0.6 is 0 Å². The van der Waals surface area contributed by atoms with Crippen LogP contribution in [0.2, 0.25) is 0 Å². The molecule has 0 aliphatic rings. The largest absolute Gasteiger partial charge is 0.480 e. The Morgan fingerprint density at radius 2 is 1.23 bits per heavy atom. The number of aliphatic carboxylic acids is 1. The van der Waals surface area contributed by atoms with Crippen LogP contribution in [-0.4, -0.2) is 76.4 Å². The molecule has 0 spiro atoms. The van der Waals surface area contributed by atoms with E-state index in [1.54, 1.807) is 0 Å². The van der Waals surface area contributed by atoms with Gasteiger partial charge in [-0.3, -0.25) is 14.4 Å². The summed E-state index contributed by atoms with van der Waals surface area (Å²) in [6.07, 6.45) is 0.262. The van der Waals surface area contributed by atoms with Gasteiger partial charge in [0, 0.05) is 0 Å². The predicted octanol–water partition coefficient (Wildman–Crippen LogP) is -3.10. The fourth-order valence-electron chi connectivity index (χ4n) is 1.93. The lowest BCUT2D eigenvalue weighted by Crippen LogP contribution is -2.58. The molecule has 0 aromatic heterocycles. The van der Waals surface area contributed by atoms with Crippen LogP contribution in [0.25, 0.3) is 0 Å². The molecule has 0 fully saturated rings. The van der Waals surface area contributed by atoms with E-state index in [0.717, 1.165) is 0 Å². The lowest BCUT2D eigenvalue weighted by Gasteiger charge is -2.24. The zero-order valence-corrected chi connectivity index (χ0v) is 15.1. The van der Waals surface area contributed by atoms with Crippen LogP contribution < -0.4 is 21.7 Å².